The Morgan fingerprint density at radius 1 is 1.05 bits per heavy atom. The number of benzene rings is 2. The third-order valence-electron chi connectivity index (χ3n) is 6.33. The monoisotopic (exact) mass is 552 g/mol. The summed E-state index contributed by atoms with van der Waals surface area (Å²) < 4.78 is 31.5. The van der Waals surface area contributed by atoms with Crippen LogP contribution in [0.4, 0.5) is 0 Å². The number of thiophene rings is 1. The maximum atomic E-state index is 13.5. The fourth-order valence-electron chi connectivity index (χ4n) is 4.26. The molecular weight excluding hydrogens is 520 g/mol. The lowest BCUT2D eigenvalue weighted by atomic mass is 9.82. The summed E-state index contributed by atoms with van der Waals surface area (Å²) in [6, 6.07) is 20.3. The molecule has 0 radical (unpaired) electrons. The van der Waals surface area contributed by atoms with Gasteiger partial charge >= 0.3 is 5.97 Å². The van der Waals surface area contributed by atoms with Gasteiger partial charge in [0.2, 0.25) is 0 Å². The number of ether oxygens (including phenoxy) is 1. The number of carbonyl (C=O) groups excluding carboxylic acids is 1. The first kappa shape index (κ1) is 27.8. The molecule has 200 valence electrons. The van der Waals surface area contributed by atoms with Crippen molar-refractivity contribution in [3.8, 4) is 15.4 Å². The van der Waals surface area contributed by atoms with Crippen molar-refractivity contribution >= 4 is 27.1 Å². The van der Waals surface area contributed by atoms with Crippen LogP contribution in [-0.4, -0.2) is 41.9 Å². The number of sulfone groups is 1. The lowest BCUT2D eigenvalue weighted by Gasteiger charge is -2.27. The van der Waals surface area contributed by atoms with Crippen LogP contribution in [-0.2, 0) is 36.8 Å². The summed E-state index contributed by atoms with van der Waals surface area (Å²) in [6.45, 7) is 7.11. The highest BCUT2D eigenvalue weighted by atomic mass is 32.2. The fraction of sp³-hybridized carbons (Fsp3) is 0.310. The third kappa shape index (κ3) is 5.75. The van der Waals surface area contributed by atoms with Crippen molar-refractivity contribution in [2.24, 2.45) is 0 Å². The molecule has 0 saturated heterocycles. The van der Waals surface area contributed by atoms with E-state index in [1.807, 2.05) is 60.0 Å². The van der Waals surface area contributed by atoms with E-state index >= 15 is 0 Å². The number of imidazole rings is 1. The third-order valence-corrected chi connectivity index (χ3v) is 8.57. The first-order valence-electron chi connectivity index (χ1n) is 12.3. The van der Waals surface area contributed by atoms with Crippen LogP contribution in [0.2, 0.25) is 0 Å². The van der Waals surface area contributed by atoms with Crippen molar-refractivity contribution in [1.82, 2.24) is 9.55 Å². The highest BCUT2D eigenvalue weighted by Gasteiger charge is 2.43. The summed E-state index contributed by atoms with van der Waals surface area (Å²) in [5.41, 5.74) is -0.254. The van der Waals surface area contributed by atoms with Gasteiger partial charge < -0.3 is 9.84 Å². The van der Waals surface area contributed by atoms with Crippen LogP contribution in [0.1, 0.15) is 44.8 Å². The molecule has 0 bridgehead atoms. The number of esters is 1. The maximum Gasteiger partial charge on any atom is 0.319 e. The molecular formula is C29H32N2O5S2. The van der Waals surface area contributed by atoms with Gasteiger partial charge in [-0.25, -0.2) is 13.4 Å². The van der Waals surface area contributed by atoms with Gasteiger partial charge in [-0.2, -0.15) is 0 Å². The zero-order valence-corrected chi connectivity index (χ0v) is 23.8. The van der Waals surface area contributed by atoms with Gasteiger partial charge in [-0.3, -0.25) is 9.36 Å². The Morgan fingerprint density at radius 3 is 2.39 bits per heavy atom. The number of hydrogen-bond donors (Lipinski definition) is 1. The lowest BCUT2D eigenvalue weighted by Crippen LogP contribution is -2.39. The van der Waals surface area contributed by atoms with Crippen LogP contribution in [0.3, 0.4) is 0 Å². The van der Waals surface area contributed by atoms with E-state index in [1.54, 1.807) is 45.2 Å². The molecule has 2 heterocycles. The number of rotatable bonds is 9. The van der Waals surface area contributed by atoms with E-state index in [0.717, 1.165) is 21.0 Å². The lowest BCUT2D eigenvalue weighted by molar-refractivity contribution is -0.149. The molecule has 0 spiro atoms. The van der Waals surface area contributed by atoms with E-state index in [0.29, 0.717) is 17.9 Å². The van der Waals surface area contributed by atoms with Crippen molar-refractivity contribution in [2.75, 3.05) is 12.9 Å². The molecule has 0 fully saturated rings. The summed E-state index contributed by atoms with van der Waals surface area (Å²) in [5, 5.41) is 11.6. The van der Waals surface area contributed by atoms with Crippen LogP contribution < -0.4 is 0 Å². The average Bonchev–Trinajstić information content (AvgIpc) is 3.52. The summed E-state index contributed by atoms with van der Waals surface area (Å²) in [5.74, 6) is 0.0471. The summed E-state index contributed by atoms with van der Waals surface area (Å²) in [7, 11) is -3.35. The summed E-state index contributed by atoms with van der Waals surface area (Å²) in [6.07, 6.45) is 3.29. The van der Waals surface area contributed by atoms with Gasteiger partial charge in [-0.05, 0) is 69.5 Å². The number of hydrogen-bond acceptors (Lipinski definition) is 7. The van der Waals surface area contributed by atoms with Crippen molar-refractivity contribution in [3.05, 3.63) is 90.0 Å². The quantitative estimate of drug-likeness (QED) is 0.283. The topological polar surface area (TPSA) is 98.5 Å². The Morgan fingerprint density at radius 2 is 1.76 bits per heavy atom. The number of nitrogens with zero attached hydrogens (tertiary/aromatic N) is 2. The van der Waals surface area contributed by atoms with E-state index in [4.69, 9.17) is 9.72 Å². The Hall–Kier alpha value is -3.27. The molecule has 0 saturated carbocycles. The molecule has 4 aromatic rings. The molecule has 7 nitrogen and oxygen atoms in total. The van der Waals surface area contributed by atoms with Gasteiger partial charge in [-0.15, -0.1) is 11.3 Å². The highest BCUT2D eigenvalue weighted by Crippen LogP contribution is 2.37. The molecule has 0 aliphatic heterocycles. The van der Waals surface area contributed by atoms with E-state index in [1.165, 1.54) is 17.6 Å². The molecule has 38 heavy (non-hydrogen) atoms. The second-order valence-corrected chi connectivity index (χ2v) is 13.1. The summed E-state index contributed by atoms with van der Waals surface area (Å²) in [4.78, 5) is 19.4. The molecule has 0 aliphatic rings. The molecule has 9 heteroatoms. The minimum atomic E-state index is -3.35. The molecule has 2 aromatic carbocycles. The number of aliphatic hydroxyl groups is 1. The fourth-order valence-corrected chi connectivity index (χ4v) is 5.91. The van der Waals surface area contributed by atoms with E-state index in [9.17, 15) is 18.3 Å². The zero-order valence-electron chi connectivity index (χ0n) is 22.1. The van der Waals surface area contributed by atoms with Crippen LogP contribution >= 0.6 is 11.3 Å². The Kier molecular flexibility index (Phi) is 7.65. The molecule has 0 aliphatic carbocycles. The normalized spacial score (nSPS) is 13.7. The van der Waals surface area contributed by atoms with Crippen molar-refractivity contribution < 1.29 is 23.1 Å². The van der Waals surface area contributed by atoms with Crippen LogP contribution in [0, 0.1) is 0 Å². The molecule has 1 atom stereocenters. The zero-order chi connectivity index (χ0) is 27.7. The summed E-state index contributed by atoms with van der Waals surface area (Å²) >= 11 is 1.44. The Labute approximate surface area is 227 Å². The molecule has 0 amide bonds. The van der Waals surface area contributed by atoms with E-state index in [2.05, 4.69) is 0 Å². The standard InChI is InChI=1S/C29H32N2O5S2/c1-6-36-27(32)29(4,18-20-11-8-7-9-12-20)26-30-24(28(2,3)33)19-31(26)25-16-15-23(37-25)21-13-10-14-22(17-21)38(5,34)35/h7-17,19,33H,6,18H2,1-5H3. The number of carbonyl (C=O) groups is 1. The van der Waals surface area contributed by atoms with E-state index < -0.39 is 26.8 Å². The minimum absolute atomic E-state index is 0.224. The van der Waals surface area contributed by atoms with Gasteiger partial charge in [-0.1, -0.05) is 42.5 Å². The molecule has 4 rings (SSSR count). The molecule has 2 aromatic heterocycles. The predicted octanol–water partition coefficient (Wildman–Crippen LogP) is 5.30. The van der Waals surface area contributed by atoms with Gasteiger partial charge in [0.1, 0.15) is 21.8 Å². The minimum Gasteiger partial charge on any atom is -0.465 e. The highest BCUT2D eigenvalue weighted by molar-refractivity contribution is 7.90. The van der Waals surface area contributed by atoms with Crippen LogP contribution in [0.25, 0.3) is 15.4 Å². The Balaban J connectivity index is 1.87. The number of aromatic nitrogens is 2. The second kappa shape index (κ2) is 10.5. The Bertz CT molecular complexity index is 1550. The average molecular weight is 553 g/mol. The van der Waals surface area contributed by atoms with E-state index in [-0.39, 0.29) is 11.5 Å². The maximum absolute atomic E-state index is 13.5. The predicted molar refractivity (Wildman–Crippen MR) is 149 cm³/mol. The SMILES string of the molecule is CCOC(=O)C(C)(Cc1ccccc1)c1nc(C(C)(C)O)cn1-c1ccc(-c2cccc(S(C)(=O)=O)c2)s1. The van der Waals surface area contributed by atoms with Gasteiger partial charge in [0.05, 0.1) is 17.2 Å². The van der Waals surface area contributed by atoms with Crippen molar-refractivity contribution in [1.29, 1.82) is 0 Å². The van der Waals surface area contributed by atoms with Crippen LogP contribution in [0.15, 0.2) is 77.8 Å². The van der Waals surface area contributed by atoms with Gasteiger partial charge in [0.25, 0.3) is 0 Å². The molecule has 1 N–H and O–H groups in total. The first-order valence-corrected chi connectivity index (χ1v) is 15.0. The largest absolute Gasteiger partial charge is 0.465 e. The van der Waals surface area contributed by atoms with Crippen LogP contribution in [0.5, 0.6) is 0 Å². The second-order valence-electron chi connectivity index (χ2n) is 10.0. The van der Waals surface area contributed by atoms with Gasteiger partial charge in [0.15, 0.2) is 9.84 Å². The molecule has 1 unspecified atom stereocenters. The van der Waals surface area contributed by atoms with Crippen molar-refractivity contribution in [3.63, 3.8) is 0 Å². The van der Waals surface area contributed by atoms with Crippen molar-refractivity contribution in [2.45, 2.75) is 50.0 Å². The smallest absolute Gasteiger partial charge is 0.319 e. The van der Waals surface area contributed by atoms with Gasteiger partial charge in [0, 0.05) is 17.3 Å². The first-order chi connectivity index (χ1) is 17.8.